The summed E-state index contributed by atoms with van der Waals surface area (Å²) in [7, 11) is 0. The SMILES string of the molecule is CCc1cn(C(C)C)c2c(C(=O)O)cc(C(C)C)cc12. The standard InChI is InChI=1S/C17H23NO2/c1-6-12-9-18(11(4)5)16-14(12)7-13(10(2)3)8-15(16)17(19)20/h7-11H,6H2,1-5H3,(H,19,20). The molecule has 3 nitrogen and oxygen atoms in total. The van der Waals surface area contributed by atoms with Gasteiger partial charge in [0.25, 0.3) is 0 Å². The number of nitrogens with zero attached hydrogens (tertiary/aromatic N) is 1. The molecule has 0 radical (unpaired) electrons. The van der Waals surface area contributed by atoms with Crippen LogP contribution in [-0.4, -0.2) is 15.6 Å². The van der Waals surface area contributed by atoms with Crippen LogP contribution in [0.4, 0.5) is 0 Å². The molecule has 0 atom stereocenters. The maximum Gasteiger partial charge on any atom is 0.337 e. The number of aromatic carboxylic acids is 1. The first kappa shape index (κ1) is 14.6. The fourth-order valence-electron chi connectivity index (χ4n) is 2.67. The van der Waals surface area contributed by atoms with Crippen LogP contribution in [0.1, 0.15) is 68.1 Å². The molecule has 2 aromatic rings. The van der Waals surface area contributed by atoms with Gasteiger partial charge in [-0.05, 0) is 49.4 Å². The van der Waals surface area contributed by atoms with E-state index in [1.165, 1.54) is 5.56 Å². The Balaban J connectivity index is 2.90. The van der Waals surface area contributed by atoms with E-state index < -0.39 is 5.97 Å². The number of carbonyl (C=O) groups is 1. The van der Waals surface area contributed by atoms with Gasteiger partial charge < -0.3 is 9.67 Å². The van der Waals surface area contributed by atoms with Crippen LogP contribution in [0.3, 0.4) is 0 Å². The van der Waals surface area contributed by atoms with Crippen molar-refractivity contribution in [3.63, 3.8) is 0 Å². The van der Waals surface area contributed by atoms with E-state index in [0.29, 0.717) is 11.5 Å². The fourth-order valence-corrected chi connectivity index (χ4v) is 2.67. The van der Waals surface area contributed by atoms with Crippen molar-refractivity contribution < 1.29 is 9.90 Å². The Morgan fingerprint density at radius 1 is 1.25 bits per heavy atom. The van der Waals surface area contributed by atoms with E-state index >= 15 is 0 Å². The molecule has 0 saturated heterocycles. The Hall–Kier alpha value is -1.77. The van der Waals surface area contributed by atoms with Gasteiger partial charge in [-0.1, -0.05) is 20.8 Å². The Labute approximate surface area is 120 Å². The number of hydrogen-bond donors (Lipinski definition) is 1. The molecular formula is C17H23NO2. The van der Waals surface area contributed by atoms with Crippen LogP contribution in [0.5, 0.6) is 0 Å². The third-order valence-corrected chi connectivity index (χ3v) is 3.87. The number of fused-ring (bicyclic) bond motifs is 1. The lowest BCUT2D eigenvalue weighted by Gasteiger charge is -2.13. The van der Waals surface area contributed by atoms with Gasteiger partial charge in [0.2, 0.25) is 0 Å². The molecule has 1 aromatic carbocycles. The van der Waals surface area contributed by atoms with E-state index in [-0.39, 0.29) is 6.04 Å². The van der Waals surface area contributed by atoms with Crippen LogP contribution >= 0.6 is 0 Å². The molecule has 0 aliphatic rings. The van der Waals surface area contributed by atoms with Crippen LogP contribution in [0, 0.1) is 0 Å². The zero-order valence-corrected chi connectivity index (χ0v) is 12.9. The second kappa shape index (κ2) is 5.31. The molecule has 1 aromatic heterocycles. The predicted octanol–water partition coefficient (Wildman–Crippen LogP) is 4.61. The minimum absolute atomic E-state index is 0.251. The smallest absolute Gasteiger partial charge is 0.337 e. The van der Waals surface area contributed by atoms with Crippen molar-refractivity contribution in [3.05, 3.63) is 35.0 Å². The van der Waals surface area contributed by atoms with Crippen molar-refractivity contribution >= 4 is 16.9 Å². The molecule has 0 spiro atoms. The van der Waals surface area contributed by atoms with Crippen molar-refractivity contribution in [2.24, 2.45) is 0 Å². The molecule has 0 aliphatic carbocycles. The lowest BCUT2D eigenvalue weighted by atomic mass is 9.96. The molecule has 20 heavy (non-hydrogen) atoms. The number of rotatable bonds is 4. The van der Waals surface area contributed by atoms with E-state index in [2.05, 4.69) is 51.4 Å². The minimum atomic E-state index is -0.847. The molecule has 0 amide bonds. The van der Waals surface area contributed by atoms with Gasteiger partial charge in [0.1, 0.15) is 0 Å². The van der Waals surface area contributed by atoms with E-state index in [0.717, 1.165) is 22.9 Å². The zero-order chi connectivity index (χ0) is 15.0. The number of carboxylic acid groups (broad SMARTS) is 1. The summed E-state index contributed by atoms with van der Waals surface area (Å²) in [6.07, 6.45) is 3.02. The number of carboxylic acids is 1. The molecule has 2 rings (SSSR count). The van der Waals surface area contributed by atoms with E-state index in [1.54, 1.807) is 0 Å². The van der Waals surface area contributed by atoms with Gasteiger partial charge in [0, 0.05) is 17.6 Å². The van der Waals surface area contributed by atoms with E-state index in [4.69, 9.17) is 0 Å². The Bertz CT molecular complexity index is 651. The Morgan fingerprint density at radius 3 is 2.35 bits per heavy atom. The third kappa shape index (κ3) is 2.33. The molecule has 1 N–H and O–H groups in total. The highest BCUT2D eigenvalue weighted by atomic mass is 16.4. The number of benzene rings is 1. The summed E-state index contributed by atoms with van der Waals surface area (Å²) in [6.45, 7) is 10.5. The van der Waals surface area contributed by atoms with Gasteiger partial charge in [0.15, 0.2) is 0 Å². The summed E-state index contributed by atoms with van der Waals surface area (Å²) in [5.41, 5.74) is 3.58. The van der Waals surface area contributed by atoms with E-state index in [1.807, 2.05) is 6.07 Å². The van der Waals surface area contributed by atoms with Crippen LogP contribution in [0.2, 0.25) is 0 Å². The van der Waals surface area contributed by atoms with Gasteiger partial charge >= 0.3 is 5.97 Å². The van der Waals surface area contributed by atoms with Crippen molar-refractivity contribution in [3.8, 4) is 0 Å². The van der Waals surface area contributed by atoms with Crippen molar-refractivity contribution in [2.45, 2.75) is 53.0 Å². The highest BCUT2D eigenvalue weighted by Crippen LogP contribution is 2.31. The summed E-state index contributed by atoms with van der Waals surface area (Å²) in [6, 6.07) is 4.23. The summed E-state index contributed by atoms with van der Waals surface area (Å²) in [4.78, 5) is 11.6. The lowest BCUT2D eigenvalue weighted by molar-refractivity contribution is 0.0698. The number of hydrogen-bond acceptors (Lipinski definition) is 1. The van der Waals surface area contributed by atoms with Gasteiger partial charge in [-0.25, -0.2) is 4.79 Å². The van der Waals surface area contributed by atoms with Gasteiger partial charge in [0.05, 0.1) is 11.1 Å². The normalized spacial score (nSPS) is 11.8. The summed E-state index contributed by atoms with van der Waals surface area (Å²) >= 11 is 0. The first-order valence-corrected chi connectivity index (χ1v) is 7.27. The summed E-state index contributed by atoms with van der Waals surface area (Å²) in [5, 5.41) is 10.7. The third-order valence-electron chi connectivity index (χ3n) is 3.87. The largest absolute Gasteiger partial charge is 0.478 e. The molecule has 0 bridgehead atoms. The van der Waals surface area contributed by atoms with Crippen LogP contribution in [0.25, 0.3) is 10.9 Å². The predicted molar refractivity (Wildman–Crippen MR) is 82.7 cm³/mol. The fraction of sp³-hybridized carbons (Fsp3) is 0.471. The topological polar surface area (TPSA) is 42.2 Å². The Kier molecular flexibility index (Phi) is 3.89. The van der Waals surface area contributed by atoms with Crippen molar-refractivity contribution in [1.29, 1.82) is 0 Å². The first-order valence-electron chi connectivity index (χ1n) is 7.27. The average Bonchev–Trinajstić information content (AvgIpc) is 2.75. The number of aromatic nitrogens is 1. The quantitative estimate of drug-likeness (QED) is 0.884. The van der Waals surface area contributed by atoms with Crippen LogP contribution < -0.4 is 0 Å². The van der Waals surface area contributed by atoms with Crippen LogP contribution in [-0.2, 0) is 6.42 Å². The number of aryl methyl sites for hydroxylation is 1. The highest BCUT2D eigenvalue weighted by molar-refractivity contribution is 6.04. The molecule has 0 unspecified atom stereocenters. The molecule has 0 saturated carbocycles. The minimum Gasteiger partial charge on any atom is -0.478 e. The van der Waals surface area contributed by atoms with Crippen molar-refractivity contribution in [1.82, 2.24) is 4.57 Å². The summed E-state index contributed by atoms with van der Waals surface area (Å²) < 4.78 is 2.09. The second-order valence-corrected chi connectivity index (χ2v) is 5.93. The highest BCUT2D eigenvalue weighted by Gasteiger charge is 2.19. The lowest BCUT2D eigenvalue weighted by Crippen LogP contribution is -2.06. The first-order chi connectivity index (χ1) is 9.36. The van der Waals surface area contributed by atoms with Crippen LogP contribution in [0.15, 0.2) is 18.3 Å². The van der Waals surface area contributed by atoms with Gasteiger partial charge in [-0.15, -0.1) is 0 Å². The van der Waals surface area contributed by atoms with Gasteiger partial charge in [-0.2, -0.15) is 0 Å². The zero-order valence-electron chi connectivity index (χ0n) is 12.9. The maximum atomic E-state index is 11.6. The van der Waals surface area contributed by atoms with E-state index in [9.17, 15) is 9.90 Å². The molecule has 0 fully saturated rings. The summed E-state index contributed by atoms with van der Waals surface area (Å²) in [5.74, 6) is -0.523. The average molecular weight is 273 g/mol. The second-order valence-electron chi connectivity index (χ2n) is 5.93. The molecule has 1 heterocycles. The van der Waals surface area contributed by atoms with Gasteiger partial charge in [-0.3, -0.25) is 0 Å². The monoisotopic (exact) mass is 273 g/mol. The molecule has 0 aliphatic heterocycles. The van der Waals surface area contributed by atoms with Crippen molar-refractivity contribution in [2.75, 3.05) is 0 Å². The maximum absolute atomic E-state index is 11.6. The molecule has 3 heteroatoms. The Morgan fingerprint density at radius 2 is 1.90 bits per heavy atom. The molecule has 108 valence electrons. The molecular weight excluding hydrogens is 250 g/mol.